The molecule has 1 aromatic carbocycles. The van der Waals surface area contributed by atoms with Crippen LogP contribution in [0.3, 0.4) is 0 Å². The Morgan fingerprint density at radius 2 is 1.90 bits per heavy atom. The zero-order chi connectivity index (χ0) is 7.40. The van der Waals surface area contributed by atoms with E-state index in [-0.39, 0.29) is 0 Å². The minimum Gasteiger partial charge on any atom is -0.323 e. The van der Waals surface area contributed by atoms with Crippen LogP contribution in [0.5, 0.6) is 0 Å². The van der Waals surface area contributed by atoms with Crippen molar-refractivity contribution in [2.75, 3.05) is 0 Å². The number of hydrazone groups is 1. The third-order valence-electron chi connectivity index (χ3n) is 1.09. The quantitative estimate of drug-likeness (QED) is 0.347. The summed E-state index contributed by atoms with van der Waals surface area (Å²) in [7, 11) is 0. The lowest BCUT2D eigenvalue weighted by atomic mass is 10.2. The number of nitrogens with two attached hydrogens (primary N) is 1. The highest BCUT2D eigenvalue weighted by Crippen LogP contribution is 2.04. The summed E-state index contributed by atoms with van der Waals surface area (Å²) in [5.74, 6) is 4.97. The molecule has 0 unspecified atom stereocenters. The summed E-state index contributed by atoms with van der Waals surface area (Å²) in [6.07, 6.45) is 1.62. The summed E-state index contributed by atoms with van der Waals surface area (Å²) in [6, 6.07) is 7.96. The molecule has 2 nitrogen and oxygen atoms in total. The first-order valence-corrected chi connectivity index (χ1v) is 3.89. The topological polar surface area (TPSA) is 38.4 Å². The first kappa shape index (κ1) is 7.53. The molecule has 1 aromatic rings. The Kier molecular flexibility index (Phi) is 2.68. The number of hydrogen-bond acceptors (Lipinski definition) is 2. The molecule has 0 radical (unpaired) electrons. The highest BCUT2D eigenvalue weighted by atomic mass is 127. The van der Waals surface area contributed by atoms with Crippen LogP contribution in [0.15, 0.2) is 29.4 Å². The van der Waals surface area contributed by atoms with Crippen LogP contribution >= 0.6 is 22.6 Å². The van der Waals surface area contributed by atoms with Gasteiger partial charge in [-0.2, -0.15) is 5.10 Å². The van der Waals surface area contributed by atoms with Gasteiger partial charge in [-0.3, -0.25) is 0 Å². The van der Waals surface area contributed by atoms with Gasteiger partial charge in [-0.15, -0.1) is 0 Å². The van der Waals surface area contributed by atoms with Crippen LogP contribution in [0.4, 0.5) is 0 Å². The molecule has 0 saturated carbocycles. The van der Waals surface area contributed by atoms with Crippen molar-refractivity contribution in [3.63, 3.8) is 0 Å². The molecule has 0 aliphatic carbocycles. The van der Waals surface area contributed by atoms with Crippen molar-refractivity contribution in [1.29, 1.82) is 0 Å². The van der Waals surface area contributed by atoms with Crippen molar-refractivity contribution in [2.45, 2.75) is 0 Å². The Balaban J connectivity index is 2.89. The fourth-order valence-electron chi connectivity index (χ4n) is 0.635. The third-order valence-corrected chi connectivity index (χ3v) is 1.81. The lowest BCUT2D eigenvalue weighted by molar-refractivity contribution is 1.26. The fourth-order valence-corrected chi connectivity index (χ4v) is 0.994. The Morgan fingerprint density at radius 1 is 1.30 bits per heavy atom. The van der Waals surface area contributed by atoms with Crippen molar-refractivity contribution in [1.82, 2.24) is 0 Å². The number of nitrogens with zero attached hydrogens (tertiary/aromatic N) is 1. The van der Waals surface area contributed by atoms with Gasteiger partial charge in [0.1, 0.15) is 0 Å². The Morgan fingerprint density at radius 3 is 2.40 bits per heavy atom. The van der Waals surface area contributed by atoms with E-state index in [1.165, 1.54) is 3.57 Å². The van der Waals surface area contributed by atoms with Crippen LogP contribution in [0.1, 0.15) is 5.56 Å². The van der Waals surface area contributed by atoms with E-state index in [9.17, 15) is 0 Å². The Bertz CT molecular complexity index is 228. The van der Waals surface area contributed by atoms with E-state index < -0.39 is 0 Å². The number of rotatable bonds is 1. The average Bonchev–Trinajstić information content (AvgIpc) is 1.95. The molecular weight excluding hydrogens is 239 g/mol. The molecule has 0 atom stereocenters. The minimum atomic E-state index is 1.03. The molecular formula is C7H7IN2. The normalized spacial score (nSPS) is 10.5. The van der Waals surface area contributed by atoms with Crippen molar-refractivity contribution < 1.29 is 0 Å². The SMILES string of the molecule is NN=Cc1ccc(I)cc1. The number of hydrogen-bond donors (Lipinski definition) is 1. The molecule has 2 N–H and O–H groups in total. The summed E-state index contributed by atoms with van der Waals surface area (Å²) in [4.78, 5) is 0. The van der Waals surface area contributed by atoms with Crippen molar-refractivity contribution >= 4 is 28.8 Å². The van der Waals surface area contributed by atoms with Crippen LogP contribution in [0, 0.1) is 3.57 Å². The second-order valence-electron chi connectivity index (χ2n) is 1.83. The van der Waals surface area contributed by atoms with E-state index in [1.54, 1.807) is 6.21 Å². The van der Waals surface area contributed by atoms with Gasteiger partial charge in [0.2, 0.25) is 0 Å². The molecule has 52 valence electrons. The minimum absolute atomic E-state index is 1.03. The highest BCUT2D eigenvalue weighted by molar-refractivity contribution is 14.1. The van der Waals surface area contributed by atoms with E-state index in [0.717, 1.165) is 5.56 Å². The zero-order valence-corrected chi connectivity index (χ0v) is 7.45. The smallest absolute Gasteiger partial charge is 0.0538 e. The molecule has 0 fully saturated rings. The van der Waals surface area contributed by atoms with Gasteiger partial charge in [-0.1, -0.05) is 12.1 Å². The van der Waals surface area contributed by atoms with Gasteiger partial charge in [-0.05, 0) is 40.3 Å². The van der Waals surface area contributed by atoms with Gasteiger partial charge < -0.3 is 5.84 Å². The molecule has 10 heavy (non-hydrogen) atoms. The second kappa shape index (κ2) is 3.55. The number of benzene rings is 1. The zero-order valence-electron chi connectivity index (χ0n) is 5.29. The highest BCUT2D eigenvalue weighted by Gasteiger charge is 1.85. The third kappa shape index (κ3) is 1.98. The largest absolute Gasteiger partial charge is 0.323 e. The monoisotopic (exact) mass is 246 g/mol. The second-order valence-corrected chi connectivity index (χ2v) is 3.08. The van der Waals surface area contributed by atoms with E-state index >= 15 is 0 Å². The van der Waals surface area contributed by atoms with Crippen LogP contribution < -0.4 is 5.84 Å². The molecule has 0 amide bonds. The van der Waals surface area contributed by atoms with E-state index in [1.807, 2.05) is 24.3 Å². The van der Waals surface area contributed by atoms with Gasteiger partial charge in [0.25, 0.3) is 0 Å². The van der Waals surface area contributed by atoms with Crippen LogP contribution in [0.2, 0.25) is 0 Å². The molecule has 0 saturated heterocycles. The van der Waals surface area contributed by atoms with Crippen molar-refractivity contribution in [2.24, 2.45) is 10.9 Å². The maximum Gasteiger partial charge on any atom is 0.0538 e. The average molecular weight is 246 g/mol. The predicted molar refractivity (Wildman–Crippen MR) is 50.9 cm³/mol. The maximum absolute atomic E-state index is 4.97. The van der Waals surface area contributed by atoms with E-state index in [0.29, 0.717) is 0 Å². The molecule has 0 aliphatic heterocycles. The van der Waals surface area contributed by atoms with Gasteiger partial charge >= 0.3 is 0 Å². The summed E-state index contributed by atoms with van der Waals surface area (Å²) in [5.41, 5.74) is 1.03. The van der Waals surface area contributed by atoms with Gasteiger partial charge in [0.05, 0.1) is 6.21 Å². The maximum atomic E-state index is 4.97. The summed E-state index contributed by atoms with van der Waals surface area (Å²) in [5, 5.41) is 3.41. The molecule has 0 heterocycles. The Labute approximate surface area is 73.3 Å². The van der Waals surface area contributed by atoms with Crippen LogP contribution in [0.25, 0.3) is 0 Å². The van der Waals surface area contributed by atoms with Crippen LogP contribution in [-0.2, 0) is 0 Å². The molecule has 0 spiro atoms. The molecule has 3 heteroatoms. The first-order chi connectivity index (χ1) is 4.83. The molecule has 1 rings (SSSR count). The lowest BCUT2D eigenvalue weighted by Gasteiger charge is -1.90. The Hall–Kier alpha value is -0.580. The summed E-state index contributed by atoms with van der Waals surface area (Å²) in [6.45, 7) is 0. The van der Waals surface area contributed by atoms with Gasteiger partial charge in [0.15, 0.2) is 0 Å². The standard InChI is InChI=1S/C7H7IN2/c8-7-3-1-6(2-4-7)5-10-9/h1-5H,9H2. The summed E-state index contributed by atoms with van der Waals surface area (Å²) < 4.78 is 1.21. The van der Waals surface area contributed by atoms with E-state index in [4.69, 9.17) is 5.84 Å². The van der Waals surface area contributed by atoms with Gasteiger partial charge in [0, 0.05) is 3.57 Å². The van der Waals surface area contributed by atoms with Gasteiger partial charge in [-0.25, -0.2) is 0 Å². The molecule has 0 bridgehead atoms. The van der Waals surface area contributed by atoms with Crippen LogP contribution in [-0.4, -0.2) is 6.21 Å². The van der Waals surface area contributed by atoms with Crippen molar-refractivity contribution in [3.05, 3.63) is 33.4 Å². The van der Waals surface area contributed by atoms with E-state index in [2.05, 4.69) is 27.7 Å². The predicted octanol–water partition coefficient (Wildman–Crippen LogP) is 1.58. The molecule has 0 aliphatic rings. The number of halogens is 1. The lowest BCUT2D eigenvalue weighted by Crippen LogP contribution is -1.85. The summed E-state index contributed by atoms with van der Waals surface area (Å²) >= 11 is 2.25. The first-order valence-electron chi connectivity index (χ1n) is 2.82. The fraction of sp³-hybridized carbons (Fsp3) is 0. The molecule has 0 aromatic heterocycles. The van der Waals surface area contributed by atoms with Crippen molar-refractivity contribution in [3.8, 4) is 0 Å².